The third kappa shape index (κ3) is 3.23. The summed E-state index contributed by atoms with van der Waals surface area (Å²) >= 11 is 6.02. The monoisotopic (exact) mass is 374 g/mol. The molecule has 1 aliphatic heterocycles. The van der Waals surface area contributed by atoms with E-state index in [9.17, 15) is 4.39 Å². The Morgan fingerprint density at radius 1 is 1.23 bits per heavy atom. The van der Waals surface area contributed by atoms with E-state index in [0.29, 0.717) is 23.5 Å². The zero-order chi connectivity index (χ0) is 18.1. The molecule has 26 heavy (non-hydrogen) atoms. The van der Waals surface area contributed by atoms with Crippen molar-refractivity contribution in [2.45, 2.75) is 32.7 Å². The quantitative estimate of drug-likeness (QED) is 0.654. The number of nitrogens with zero attached hydrogens (tertiary/aromatic N) is 6. The van der Waals surface area contributed by atoms with E-state index in [2.05, 4.69) is 31.8 Å². The Kier molecular flexibility index (Phi) is 4.72. The number of aromatic nitrogens is 5. The predicted molar refractivity (Wildman–Crippen MR) is 98.8 cm³/mol. The van der Waals surface area contributed by atoms with Crippen molar-refractivity contribution in [3.05, 3.63) is 41.5 Å². The Morgan fingerprint density at radius 2 is 2.04 bits per heavy atom. The standard InChI is InChI=1S/C18H20ClFN6/c1-2-12-6-21-18(22-7-12)25-5-3-4-13(8-25)9-26-10-14(20)15-16(19)23-11-24-17(15)26/h6-7,10-11,13H,2-5,8-9H2,1H3/t13-/m0/s1. The molecule has 0 aliphatic carbocycles. The van der Waals surface area contributed by atoms with Crippen LogP contribution in [-0.4, -0.2) is 37.6 Å². The lowest BCUT2D eigenvalue weighted by Crippen LogP contribution is -2.38. The second-order valence-corrected chi connectivity index (χ2v) is 7.05. The smallest absolute Gasteiger partial charge is 0.225 e. The molecule has 0 aromatic carbocycles. The molecule has 6 nitrogen and oxygen atoms in total. The van der Waals surface area contributed by atoms with Crippen LogP contribution in [0.15, 0.2) is 24.9 Å². The minimum Gasteiger partial charge on any atom is -0.340 e. The second-order valence-electron chi connectivity index (χ2n) is 6.69. The molecule has 3 aromatic heterocycles. The number of halogens is 2. The molecule has 4 rings (SSSR count). The van der Waals surface area contributed by atoms with Gasteiger partial charge in [0.05, 0.1) is 5.39 Å². The van der Waals surface area contributed by atoms with Gasteiger partial charge in [-0.1, -0.05) is 18.5 Å². The molecule has 0 amide bonds. The molecule has 0 spiro atoms. The average Bonchev–Trinajstić information content (AvgIpc) is 2.99. The molecule has 8 heteroatoms. The van der Waals surface area contributed by atoms with Gasteiger partial charge in [-0.3, -0.25) is 0 Å². The largest absolute Gasteiger partial charge is 0.340 e. The lowest BCUT2D eigenvalue weighted by molar-refractivity contribution is 0.366. The predicted octanol–water partition coefficient (Wildman–Crippen LogP) is 3.49. The number of piperidine rings is 1. The SMILES string of the molecule is CCc1cnc(N2CCC[C@H](Cn3cc(F)c4c(Cl)ncnc43)C2)nc1. The van der Waals surface area contributed by atoms with Crippen molar-refractivity contribution in [3.63, 3.8) is 0 Å². The van der Waals surface area contributed by atoms with Crippen LogP contribution in [0, 0.1) is 11.7 Å². The lowest BCUT2D eigenvalue weighted by Gasteiger charge is -2.33. The number of rotatable bonds is 4. The van der Waals surface area contributed by atoms with Crippen LogP contribution in [-0.2, 0) is 13.0 Å². The molecule has 3 aromatic rings. The molecule has 1 fully saturated rings. The normalized spacial score (nSPS) is 17.8. The summed E-state index contributed by atoms with van der Waals surface area (Å²) in [6, 6.07) is 0. The molecule has 1 saturated heterocycles. The van der Waals surface area contributed by atoms with E-state index in [1.807, 2.05) is 17.0 Å². The van der Waals surface area contributed by atoms with E-state index >= 15 is 0 Å². The van der Waals surface area contributed by atoms with E-state index in [1.54, 1.807) is 0 Å². The summed E-state index contributed by atoms with van der Waals surface area (Å²) in [4.78, 5) is 19.3. The fourth-order valence-corrected chi connectivity index (χ4v) is 3.77. The number of hydrogen-bond donors (Lipinski definition) is 0. The van der Waals surface area contributed by atoms with Crippen molar-refractivity contribution in [2.75, 3.05) is 18.0 Å². The Balaban J connectivity index is 1.53. The van der Waals surface area contributed by atoms with Crippen LogP contribution in [0.2, 0.25) is 5.15 Å². The fourth-order valence-electron chi connectivity index (χ4n) is 3.55. The first-order valence-electron chi connectivity index (χ1n) is 8.86. The molecule has 0 radical (unpaired) electrons. The average molecular weight is 375 g/mol. The van der Waals surface area contributed by atoms with Gasteiger partial charge in [0.1, 0.15) is 17.1 Å². The maximum absolute atomic E-state index is 14.2. The van der Waals surface area contributed by atoms with Crippen LogP contribution >= 0.6 is 11.6 Å². The lowest BCUT2D eigenvalue weighted by atomic mass is 9.98. The van der Waals surface area contributed by atoms with Crippen molar-refractivity contribution >= 4 is 28.6 Å². The van der Waals surface area contributed by atoms with Crippen molar-refractivity contribution in [3.8, 4) is 0 Å². The van der Waals surface area contributed by atoms with Gasteiger partial charge in [0.15, 0.2) is 5.82 Å². The molecule has 0 saturated carbocycles. The van der Waals surface area contributed by atoms with Gasteiger partial charge in [-0.05, 0) is 30.7 Å². The molecule has 0 bridgehead atoms. The van der Waals surface area contributed by atoms with Gasteiger partial charge in [-0.2, -0.15) is 0 Å². The van der Waals surface area contributed by atoms with Crippen molar-refractivity contribution < 1.29 is 4.39 Å². The van der Waals surface area contributed by atoms with Gasteiger partial charge in [-0.25, -0.2) is 24.3 Å². The van der Waals surface area contributed by atoms with E-state index < -0.39 is 0 Å². The van der Waals surface area contributed by atoms with Crippen LogP contribution in [0.1, 0.15) is 25.3 Å². The molecule has 0 N–H and O–H groups in total. The Hall–Kier alpha value is -2.28. The van der Waals surface area contributed by atoms with E-state index in [4.69, 9.17) is 11.6 Å². The van der Waals surface area contributed by atoms with Crippen molar-refractivity contribution in [2.24, 2.45) is 5.92 Å². The second kappa shape index (κ2) is 7.15. The van der Waals surface area contributed by atoms with Gasteiger partial charge in [0.25, 0.3) is 0 Å². The first-order valence-corrected chi connectivity index (χ1v) is 9.24. The van der Waals surface area contributed by atoms with Crippen LogP contribution in [0.25, 0.3) is 11.0 Å². The summed E-state index contributed by atoms with van der Waals surface area (Å²) < 4.78 is 16.1. The number of anilines is 1. The first kappa shape index (κ1) is 17.1. The van der Waals surface area contributed by atoms with Crippen LogP contribution in [0.3, 0.4) is 0 Å². The van der Waals surface area contributed by atoms with Crippen molar-refractivity contribution in [1.82, 2.24) is 24.5 Å². The van der Waals surface area contributed by atoms with E-state index in [1.165, 1.54) is 12.5 Å². The summed E-state index contributed by atoms with van der Waals surface area (Å²) in [5.74, 6) is 0.750. The summed E-state index contributed by atoms with van der Waals surface area (Å²) in [7, 11) is 0. The van der Waals surface area contributed by atoms with Crippen LogP contribution in [0.5, 0.6) is 0 Å². The Bertz CT molecular complexity index is 910. The molecular formula is C18H20ClFN6. The summed E-state index contributed by atoms with van der Waals surface area (Å²) in [5, 5.41) is 0.446. The van der Waals surface area contributed by atoms with Crippen LogP contribution in [0.4, 0.5) is 10.3 Å². The molecule has 136 valence electrons. The minimum atomic E-state index is -0.378. The number of aryl methyl sites for hydroxylation is 1. The minimum absolute atomic E-state index is 0.154. The zero-order valence-electron chi connectivity index (χ0n) is 14.6. The van der Waals surface area contributed by atoms with Gasteiger partial charge < -0.3 is 9.47 Å². The third-order valence-corrected chi connectivity index (χ3v) is 5.20. The van der Waals surface area contributed by atoms with Gasteiger partial charge in [0.2, 0.25) is 5.95 Å². The van der Waals surface area contributed by atoms with E-state index in [0.717, 1.165) is 43.9 Å². The highest BCUT2D eigenvalue weighted by atomic mass is 35.5. The fraction of sp³-hybridized carbons (Fsp3) is 0.444. The van der Waals surface area contributed by atoms with Gasteiger partial charge in [0, 0.05) is 38.2 Å². The number of fused-ring (bicyclic) bond motifs is 1. The summed E-state index contributed by atoms with van der Waals surface area (Å²) in [5.41, 5.74) is 1.68. The van der Waals surface area contributed by atoms with Crippen molar-refractivity contribution in [1.29, 1.82) is 0 Å². The first-order chi connectivity index (χ1) is 12.7. The van der Waals surface area contributed by atoms with Gasteiger partial charge >= 0.3 is 0 Å². The highest BCUT2D eigenvalue weighted by Crippen LogP contribution is 2.27. The summed E-state index contributed by atoms with van der Waals surface area (Å²) in [6.45, 7) is 4.55. The topological polar surface area (TPSA) is 59.7 Å². The van der Waals surface area contributed by atoms with E-state index in [-0.39, 0.29) is 11.0 Å². The molecule has 1 atom stereocenters. The molecule has 1 aliphatic rings. The maximum atomic E-state index is 14.2. The Morgan fingerprint density at radius 3 is 2.81 bits per heavy atom. The Labute approximate surface area is 156 Å². The molecular weight excluding hydrogens is 355 g/mol. The molecule has 0 unspecified atom stereocenters. The highest BCUT2D eigenvalue weighted by Gasteiger charge is 2.24. The van der Waals surface area contributed by atoms with Gasteiger partial charge in [-0.15, -0.1) is 0 Å². The summed E-state index contributed by atoms with van der Waals surface area (Å²) in [6.07, 6.45) is 9.68. The number of hydrogen-bond acceptors (Lipinski definition) is 5. The zero-order valence-corrected chi connectivity index (χ0v) is 15.3. The maximum Gasteiger partial charge on any atom is 0.225 e. The van der Waals surface area contributed by atoms with Crippen LogP contribution < -0.4 is 4.90 Å². The highest BCUT2D eigenvalue weighted by molar-refractivity contribution is 6.33. The molecule has 4 heterocycles. The third-order valence-electron chi connectivity index (χ3n) is 4.92.